The van der Waals surface area contributed by atoms with Crippen LogP contribution < -0.4 is 11.2 Å². The zero-order chi connectivity index (χ0) is 12.3. The molecule has 1 aliphatic heterocycles. The molecule has 1 aliphatic rings. The molecular weight excluding hydrogens is 237 g/mol. The molecule has 0 atom stereocenters. The van der Waals surface area contributed by atoms with Crippen molar-refractivity contribution in [1.82, 2.24) is 0 Å². The minimum absolute atomic E-state index is 0.833. The van der Waals surface area contributed by atoms with E-state index in [1.807, 2.05) is 17.7 Å². The van der Waals surface area contributed by atoms with Crippen molar-refractivity contribution in [2.45, 2.75) is 11.8 Å². The second kappa shape index (κ2) is 3.45. The normalized spacial score (nSPS) is 13.2. The van der Waals surface area contributed by atoms with Crippen molar-refractivity contribution in [3.8, 4) is 0 Å². The van der Waals surface area contributed by atoms with Gasteiger partial charge in [0.05, 0.1) is 0 Å². The molecule has 0 fully saturated rings. The van der Waals surface area contributed by atoms with Crippen molar-refractivity contribution in [1.29, 1.82) is 0 Å². The SMILES string of the molecule is Cc1ccc2c3c(c4cc(N)ccc4cc13)S[B]2. The molecule has 3 heteroatoms. The first kappa shape index (κ1) is 10.3. The molecule has 0 unspecified atom stereocenters. The lowest BCUT2D eigenvalue weighted by molar-refractivity contribution is 1.53. The Morgan fingerprint density at radius 3 is 2.83 bits per heavy atom. The largest absolute Gasteiger partial charge is 0.399 e. The Balaban J connectivity index is 2.30. The smallest absolute Gasteiger partial charge is 0.237 e. The Hall–Kier alpha value is -1.61. The molecule has 0 aromatic heterocycles. The molecule has 3 aromatic carbocycles. The maximum atomic E-state index is 5.92. The van der Waals surface area contributed by atoms with E-state index in [1.54, 1.807) is 0 Å². The van der Waals surface area contributed by atoms with Crippen LogP contribution in [-0.2, 0) is 0 Å². The fourth-order valence-electron chi connectivity index (χ4n) is 2.71. The van der Waals surface area contributed by atoms with Gasteiger partial charge < -0.3 is 5.73 Å². The lowest BCUT2D eigenvalue weighted by Gasteiger charge is -2.09. The van der Waals surface area contributed by atoms with Crippen molar-refractivity contribution in [3.05, 3.63) is 42.0 Å². The summed E-state index contributed by atoms with van der Waals surface area (Å²) in [5.41, 5.74) is 9.42. The summed E-state index contributed by atoms with van der Waals surface area (Å²) in [5.74, 6) is 0. The molecule has 0 amide bonds. The van der Waals surface area contributed by atoms with Crippen LogP contribution in [0.25, 0.3) is 21.5 Å². The summed E-state index contributed by atoms with van der Waals surface area (Å²) in [6.45, 7) is 4.41. The van der Waals surface area contributed by atoms with Gasteiger partial charge in [-0.05, 0) is 52.2 Å². The van der Waals surface area contributed by atoms with Crippen molar-refractivity contribution in [2.24, 2.45) is 0 Å². The summed E-state index contributed by atoms with van der Waals surface area (Å²) < 4.78 is 0. The van der Waals surface area contributed by atoms with E-state index in [0.29, 0.717) is 0 Å². The van der Waals surface area contributed by atoms with Gasteiger partial charge in [0.2, 0.25) is 6.56 Å². The van der Waals surface area contributed by atoms with E-state index in [2.05, 4.69) is 43.8 Å². The van der Waals surface area contributed by atoms with Gasteiger partial charge in [-0.3, -0.25) is 0 Å². The first-order chi connectivity index (χ1) is 8.74. The van der Waals surface area contributed by atoms with Crippen molar-refractivity contribution >= 4 is 50.9 Å². The van der Waals surface area contributed by atoms with Crippen molar-refractivity contribution in [3.63, 3.8) is 0 Å². The van der Waals surface area contributed by atoms with Crippen LogP contribution in [-0.4, -0.2) is 6.56 Å². The molecular formula is C15H11BNS. The standard InChI is InChI=1S/C15H11BNS/c1-8-2-5-13-14-11(8)6-9-3-4-10(17)7-12(9)15(14)18-16-13/h2-7H,17H2,1H3. The molecule has 0 aliphatic carbocycles. The van der Waals surface area contributed by atoms with Gasteiger partial charge in [0.15, 0.2) is 0 Å². The lowest BCUT2D eigenvalue weighted by atomic mass is 9.86. The molecule has 3 aromatic rings. The van der Waals surface area contributed by atoms with Crippen LogP contribution in [0.5, 0.6) is 0 Å². The second-order valence-corrected chi connectivity index (χ2v) is 5.70. The van der Waals surface area contributed by atoms with E-state index in [9.17, 15) is 0 Å². The molecule has 1 radical (unpaired) electrons. The van der Waals surface area contributed by atoms with Crippen LogP contribution in [0.1, 0.15) is 5.56 Å². The minimum Gasteiger partial charge on any atom is -0.399 e. The number of fused-ring (bicyclic) bond motifs is 2. The second-order valence-electron chi connectivity index (χ2n) is 4.82. The lowest BCUT2D eigenvalue weighted by Crippen LogP contribution is -2.06. The van der Waals surface area contributed by atoms with Crippen LogP contribution >= 0.6 is 11.6 Å². The number of benzene rings is 3. The first-order valence-electron chi connectivity index (χ1n) is 5.99. The zero-order valence-electron chi connectivity index (χ0n) is 10.0. The van der Waals surface area contributed by atoms with Crippen LogP contribution in [0.15, 0.2) is 41.3 Å². The Labute approximate surface area is 111 Å². The number of nitrogens with two attached hydrogens (primary N) is 1. The molecule has 0 saturated carbocycles. The van der Waals surface area contributed by atoms with Gasteiger partial charge in [0.1, 0.15) is 0 Å². The van der Waals surface area contributed by atoms with Gasteiger partial charge in [0.25, 0.3) is 0 Å². The van der Waals surface area contributed by atoms with E-state index < -0.39 is 0 Å². The number of hydrogen-bond donors (Lipinski definition) is 1. The molecule has 0 bridgehead atoms. The topological polar surface area (TPSA) is 26.0 Å². The molecule has 0 spiro atoms. The Kier molecular flexibility index (Phi) is 1.98. The third-order valence-corrected chi connectivity index (χ3v) is 4.68. The molecule has 85 valence electrons. The first-order valence-corrected chi connectivity index (χ1v) is 6.87. The van der Waals surface area contributed by atoms with Crippen molar-refractivity contribution in [2.75, 3.05) is 5.73 Å². The highest BCUT2D eigenvalue weighted by Gasteiger charge is 2.19. The number of hydrogen-bond acceptors (Lipinski definition) is 2. The van der Waals surface area contributed by atoms with Crippen LogP contribution in [0.3, 0.4) is 0 Å². The summed E-state index contributed by atoms with van der Waals surface area (Å²) >= 11 is 1.81. The average Bonchev–Trinajstić information content (AvgIpc) is 2.79. The molecule has 1 heterocycles. The monoisotopic (exact) mass is 248 g/mol. The number of aryl methyl sites for hydroxylation is 1. The quantitative estimate of drug-likeness (QED) is 0.375. The van der Waals surface area contributed by atoms with Gasteiger partial charge in [-0.1, -0.05) is 23.7 Å². The van der Waals surface area contributed by atoms with Crippen LogP contribution in [0, 0.1) is 6.92 Å². The zero-order valence-corrected chi connectivity index (χ0v) is 10.8. The Morgan fingerprint density at radius 2 is 1.94 bits per heavy atom. The van der Waals surface area contributed by atoms with Crippen molar-refractivity contribution < 1.29 is 0 Å². The van der Waals surface area contributed by atoms with E-state index in [-0.39, 0.29) is 0 Å². The average molecular weight is 248 g/mol. The van der Waals surface area contributed by atoms with Gasteiger partial charge in [0, 0.05) is 10.6 Å². The Bertz CT molecular complexity index is 811. The predicted octanol–water partition coefficient (Wildman–Crippen LogP) is 3.23. The summed E-state index contributed by atoms with van der Waals surface area (Å²) in [6.07, 6.45) is 0. The summed E-state index contributed by atoms with van der Waals surface area (Å²) in [7, 11) is 0. The summed E-state index contributed by atoms with van der Waals surface area (Å²) in [4.78, 5) is 1.36. The molecule has 18 heavy (non-hydrogen) atoms. The highest BCUT2D eigenvalue weighted by atomic mass is 32.2. The third-order valence-electron chi connectivity index (χ3n) is 3.65. The molecule has 2 N–H and O–H groups in total. The highest BCUT2D eigenvalue weighted by molar-refractivity contribution is 8.24. The molecule has 4 rings (SSSR count). The third kappa shape index (κ3) is 1.25. The van der Waals surface area contributed by atoms with E-state index in [4.69, 9.17) is 5.73 Å². The van der Waals surface area contributed by atoms with Gasteiger partial charge in [-0.15, -0.1) is 0 Å². The summed E-state index contributed by atoms with van der Waals surface area (Å²) in [5, 5.41) is 5.29. The molecule has 1 nitrogen and oxygen atoms in total. The number of rotatable bonds is 0. The van der Waals surface area contributed by atoms with Gasteiger partial charge in [-0.2, -0.15) is 11.6 Å². The van der Waals surface area contributed by atoms with Gasteiger partial charge >= 0.3 is 0 Å². The fraction of sp³-hybridized carbons (Fsp3) is 0.0667. The van der Waals surface area contributed by atoms with Gasteiger partial charge in [-0.25, -0.2) is 0 Å². The Morgan fingerprint density at radius 1 is 1.06 bits per heavy atom. The minimum atomic E-state index is 0.833. The maximum absolute atomic E-state index is 5.92. The van der Waals surface area contributed by atoms with E-state index >= 15 is 0 Å². The molecule has 0 saturated heterocycles. The van der Waals surface area contributed by atoms with Crippen LogP contribution in [0.2, 0.25) is 0 Å². The van der Waals surface area contributed by atoms with E-state index in [1.165, 1.54) is 37.5 Å². The summed E-state index contributed by atoms with van der Waals surface area (Å²) in [6, 6.07) is 12.9. The number of anilines is 1. The fourth-order valence-corrected chi connectivity index (χ4v) is 3.80. The number of nitrogen functional groups attached to an aromatic ring is 1. The predicted molar refractivity (Wildman–Crippen MR) is 81.8 cm³/mol. The highest BCUT2D eigenvalue weighted by Crippen LogP contribution is 2.39. The van der Waals surface area contributed by atoms with Crippen LogP contribution in [0.4, 0.5) is 5.69 Å². The van der Waals surface area contributed by atoms with E-state index in [0.717, 1.165) is 5.69 Å². The maximum Gasteiger partial charge on any atom is 0.237 e.